The number of anilines is 1. The van der Waals surface area contributed by atoms with Crippen LogP contribution in [0.1, 0.15) is 39.0 Å². The van der Waals surface area contributed by atoms with Gasteiger partial charge in [-0.1, -0.05) is 0 Å². The Morgan fingerprint density at radius 2 is 2.07 bits per heavy atom. The lowest BCUT2D eigenvalue weighted by molar-refractivity contribution is -0.143. The third-order valence-electron chi connectivity index (χ3n) is 6.45. The van der Waals surface area contributed by atoms with E-state index >= 15 is 0 Å². The van der Waals surface area contributed by atoms with Crippen molar-refractivity contribution >= 4 is 28.6 Å². The van der Waals surface area contributed by atoms with Crippen LogP contribution in [-0.4, -0.2) is 40.9 Å². The summed E-state index contributed by atoms with van der Waals surface area (Å²) in [6.07, 6.45) is 6.78. The zero-order valence-electron chi connectivity index (χ0n) is 16.8. The van der Waals surface area contributed by atoms with Crippen molar-refractivity contribution in [1.29, 1.82) is 0 Å². The number of ether oxygens (including phenoxy) is 1. The first kappa shape index (κ1) is 19.8. The van der Waals surface area contributed by atoms with Crippen molar-refractivity contribution in [2.45, 2.75) is 51.7 Å². The van der Waals surface area contributed by atoms with Crippen LogP contribution in [0, 0.1) is 11.3 Å². The predicted molar refractivity (Wildman–Crippen MR) is 111 cm³/mol. The van der Waals surface area contributed by atoms with E-state index in [1.165, 1.54) is 0 Å². The second kappa shape index (κ2) is 8.06. The highest BCUT2D eigenvalue weighted by Crippen LogP contribution is 2.60. The number of nitrogens with one attached hydrogen (secondary N) is 2. The van der Waals surface area contributed by atoms with Crippen molar-refractivity contribution in [3.05, 3.63) is 30.5 Å². The van der Waals surface area contributed by atoms with Crippen molar-refractivity contribution in [1.82, 2.24) is 9.88 Å². The van der Waals surface area contributed by atoms with Gasteiger partial charge in [0.2, 0.25) is 0 Å². The standard InChI is InChI=1S/C22H29N3O4/c1-2-29-20(27)14-25-10-7-15-11-17(3-4-19(15)25)24-21(28)23-13-16-12-22(16)8-5-18(26)6-9-22/h3-4,7,10-11,16,18,26H,2,5-6,8-9,12-14H2,1H3,(H2,23,24,28). The molecule has 0 radical (unpaired) electrons. The summed E-state index contributed by atoms with van der Waals surface area (Å²) in [6.45, 7) is 3.01. The van der Waals surface area contributed by atoms with Gasteiger partial charge in [0.1, 0.15) is 6.54 Å². The number of carbonyl (C=O) groups is 2. The van der Waals surface area contributed by atoms with Gasteiger partial charge in [-0.25, -0.2) is 4.79 Å². The Kier molecular flexibility index (Phi) is 5.50. The number of aliphatic hydroxyl groups is 1. The van der Waals surface area contributed by atoms with Gasteiger partial charge < -0.3 is 25.0 Å². The van der Waals surface area contributed by atoms with Crippen LogP contribution in [0.3, 0.4) is 0 Å². The molecule has 2 amide bonds. The second-order valence-electron chi connectivity index (χ2n) is 8.35. The van der Waals surface area contributed by atoms with E-state index < -0.39 is 0 Å². The van der Waals surface area contributed by atoms with E-state index in [9.17, 15) is 14.7 Å². The van der Waals surface area contributed by atoms with Crippen LogP contribution < -0.4 is 10.6 Å². The van der Waals surface area contributed by atoms with Crippen LogP contribution in [-0.2, 0) is 16.1 Å². The molecule has 2 aromatic rings. The molecule has 2 aliphatic carbocycles. The molecular weight excluding hydrogens is 370 g/mol. The molecule has 7 heteroatoms. The zero-order chi connectivity index (χ0) is 20.4. The highest BCUT2D eigenvalue weighted by molar-refractivity contribution is 5.93. The average Bonchev–Trinajstić information content (AvgIpc) is 3.23. The summed E-state index contributed by atoms with van der Waals surface area (Å²) in [5.74, 6) is 0.261. The molecule has 1 aromatic carbocycles. The molecule has 1 atom stereocenters. The molecule has 1 aromatic heterocycles. The SMILES string of the molecule is CCOC(=O)Cn1ccc2cc(NC(=O)NCC3CC34CCC(O)CC4)ccc21. The molecule has 29 heavy (non-hydrogen) atoms. The lowest BCUT2D eigenvalue weighted by Crippen LogP contribution is -2.32. The molecule has 0 saturated heterocycles. The van der Waals surface area contributed by atoms with Gasteiger partial charge in [-0.2, -0.15) is 0 Å². The number of carbonyl (C=O) groups excluding carboxylic acids is 2. The van der Waals surface area contributed by atoms with Crippen LogP contribution in [0.4, 0.5) is 10.5 Å². The highest BCUT2D eigenvalue weighted by atomic mass is 16.5. The molecule has 2 fully saturated rings. The Morgan fingerprint density at radius 1 is 1.28 bits per heavy atom. The Morgan fingerprint density at radius 3 is 2.83 bits per heavy atom. The molecule has 7 nitrogen and oxygen atoms in total. The van der Waals surface area contributed by atoms with E-state index in [-0.39, 0.29) is 24.6 Å². The number of esters is 1. The van der Waals surface area contributed by atoms with E-state index in [1.54, 1.807) is 6.92 Å². The molecule has 4 rings (SSSR count). The summed E-state index contributed by atoms with van der Waals surface area (Å²) in [5.41, 5.74) is 1.99. The molecule has 1 heterocycles. The number of hydrogen-bond donors (Lipinski definition) is 3. The monoisotopic (exact) mass is 399 g/mol. The number of rotatable bonds is 6. The van der Waals surface area contributed by atoms with Crippen LogP contribution in [0.25, 0.3) is 10.9 Å². The number of hydrogen-bond acceptors (Lipinski definition) is 4. The summed E-state index contributed by atoms with van der Waals surface area (Å²) in [4.78, 5) is 24.0. The summed E-state index contributed by atoms with van der Waals surface area (Å²) < 4.78 is 6.84. The minimum Gasteiger partial charge on any atom is -0.465 e. The Labute approximate surface area is 170 Å². The number of nitrogens with zero attached hydrogens (tertiary/aromatic N) is 1. The van der Waals surface area contributed by atoms with Gasteiger partial charge in [0.15, 0.2) is 0 Å². The van der Waals surface area contributed by atoms with Gasteiger partial charge >= 0.3 is 12.0 Å². The maximum absolute atomic E-state index is 12.3. The van der Waals surface area contributed by atoms with Gasteiger partial charge in [0, 0.05) is 29.3 Å². The van der Waals surface area contributed by atoms with E-state index in [4.69, 9.17) is 4.74 Å². The molecule has 3 N–H and O–H groups in total. The molecule has 0 bridgehead atoms. The zero-order valence-corrected chi connectivity index (χ0v) is 16.8. The first-order chi connectivity index (χ1) is 14.0. The number of benzene rings is 1. The van der Waals surface area contributed by atoms with E-state index in [0.717, 1.165) is 48.7 Å². The summed E-state index contributed by atoms with van der Waals surface area (Å²) in [7, 11) is 0. The smallest absolute Gasteiger partial charge is 0.325 e. The lowest BCUT2D eigenvalue weighted by atomic mass is 9.83. The highest BCUT2D eigenvalue weighted by Gasteiger charge is 2.54. The topological polar surface area (TPSA) is 92.6 Å². The van der Waals surface area contributed by atoms with Gasteiger partial charge in [-0.3, -0.25) is 4.79 Å². The van der Waals surface area contributed by atoms with Gasteiger partial charge in [-0.05, 0) is 74.6 Å². The summed E-state index contributed by atoms with van der Waals surface area (Å²) >= 11 is 0. The fourth-order valence-electron chi connectivity index (χ4n) is 4.66. The maximum Gasteiger partial charge on any atom is 0.325 e. The molecule has 156 valence electrons. The lowest BCUT2D eigenvalue weighted by Gasteiger charge is -2.26. The summed E-state index contributed by atoms with van der Waals surface area (Å²) in [5, 5.41) is 16.5. The Bertz CT molecular complexity index is 899. The second-order valence-corrected chi connectivity index (χ2v) is 8.35. The van der Waals surface area contributed by atoms with Crippen molar-refractivity contribution in [3.63, 3.8) is 0 Å². The average molecular weight is 399 g/mol. The van der Waals surface area contributed by atoms with E-state index in [0.29, 0.717) is 24.5 Å². The van der Waals surface area contributed by atoms with Crippen LogP contribution in [0.5, 0.6) is 0 Å². The quantitative estimate of drug-likeness (QED) is 0.650. The number of fused-ring (bicyclic) bond motifs is 1. The summed E-state index contributed by atoms with van der Waals surface area (Å²) in [6, 6.07) is 7.35. The Hall–Kier alpha value is -2.54. The van der Waals surface area contributed by atoms with Crippen molar-refractivity contribution < 1.29 is 19.4 Å². The number of aromatic nitrogens is 1. The van der Waals surface area contributed by atoms with E-state index in [2.05, 4.69) is 10.6 Å². The van der Waals surface area contributed by atoms with Crippen LogP contribution in [0.2, 0.25) is 0 Å². The van der Waals surface area contributed by atoms with Gasteiger partial charge in [-0.15, -0.1) is 0 Å². The first-order valence-corrected chi connectivity index (χ1v) is 10.5. The fraction of sp³-hybridized carbons (Fsp3) is 0.545. The number of urea groups is 1. The van der Waals surface area contributed by atoms with Gasteiger partial charge in [0.05, 0.1) is 12.7 Å². The third-order valence-corrected chi connectivity index (χ3v) is 6.45. The van der Waals surface area contributed by atoms with Crippen molar-refractivity contribution in [2.75, 3.05) is 18.5 Å². The Balaban J connectivity index is 1.29. The number of amides is 2. The van der Waals surface area contributed by atoms with Crippen LogP contribution in [0.15, 0.2) is 30.5 Å². The minimum atomic E-state index is -0.267. The largest absolute Gasteiger partial charge is 0.465 e. The molecule has 2 aliphatic rings. The van der Waals surface area contributed by atoms with Gasteiger partial charge in [0.25, 0.3) is 0 Å². The fourth-order valence-corrected chi connectivity index (χ4v) is 4.66. The molecule has 1 spiro atoms. The molecule has 2 saturated carbocycles. The predicted octanol–water partition coefficient (Wildman–Crippen LogP) is 3.27. The first-order valence-electron chi connectivity index (χ1n) is 10.5. The maximum atomic E-state index is 12.3. The van der Waals surface area contributed by atoms with Crippen molar-refractivity contribution in [2.24, 2.45) is 11.3 Å². The van der Waals surface area contributed by atoms with Crippen molar-refractivity contribution in [3.8, 4) is 0 Å². The third kappa shape index (κ3) is 4.40. The molecule has 1 unspecified atom stereocenters. The van der Waals surface area contributed by atoms with Crippen LogP contribution >= 0.6 is 0 Å². The molecule has 0 aliphatic heterocycles. The normalized spacial score (nSPS) is 25.7. The number of aliphatic hydroxyl groups excluding tert-OH is 1. The minimum absolute atomic E-state index is 0.139. The van der Waals surface area contributed by atoms with E-state index in [1.807, 2.05) is 35.0 Å². The molecular formula is C22H29N3O4.